The fourth-order valence-corrected chi connectivity index (χ4v) is 6.04. The zero-order chi connectivity index (χ0) is 17.5. The highest BCUT2D eigenvalue weighted by Crippen LogP contribution is 2.37. The Kier molecular flexibility index (Phi) is 4.88. The van der Waals surface area contributed by atoms with Gasteiger partial charge in [-0.1, -0.05) is 0 Å². The fraction of sp³-hybridized carbons (Fsp3) is 0.875. The van der Waals surface area contributed by atoms with Gasteiger partial charge in [0.25, 0.3) is 0 Å². The van der Waals surface area contributed by atoms with Crippen LogP contribution in [-0.4, -0.2) is 66.9 Å². The lowest BCUT2D eigenvalue weighted by molar-refractivity contribution is -0.134. The van der Waals surface area contributed by atoms with E-state index < -0.39 is 10.0 Å². The summed E-state index contributed by atoms with van der Waals surface area (Å²) in [6.45, 7) is 2.85. The molecule has 3 saturated heterocycles. The summed E-state index contributed by atoms with van der Waals surface area (Å²) in [6, 6.07) is 0.131. The summed E-state index contributed by atoms with van der Waals surface area (Å²) < 4.78 is 25.5. The molecular formula is C16H27N3O4S. The molecule has 0 aromatic carbocycles. The molecule has 2 amide bonds. The number of sulfonamides is 1. The number of rotatable bonds is 3. The molecule has 3 rings (SSSR count). The third-order valence-electron chi connectivity index (χ3n) is 5.71. The van der Waals surface area contributed by atoms with E-state index in [0.717, 1.165) is 12.8 Å². The van der Waals surface area contributed by atoms with Crippen LogP contribution in [-0.2, 0) is 19.6 Å². The number of likely N-dealkylation sites (tertiary alicyclic amines) is 1. The van der Waals surface area contributed by atoms with E-state index >= 15 is 0 Å². The Morgan fingerprint density at radius 1 is 1.00 bits per heavy atom. The third kappa shape index (κ3) is 3.59. The molecular weight excluding hydrogens is 330 g/mol. The maximum Gasteiger partial charge on any atom is 0.223 e. The van der Waals surface area contributed by atoms with Gasteiger partial charge in [-0.2, -0.15) is 4.31 Å². The highest BCUT2D eigenvalue weighted by atomic mass is 32.2. The summed E-state index contributed by atoms with van der Waals surface area (Å²) in [7, 11) is -3.17. The first-order chi connectivity index (χ1) is 11.3. The lowest BCUT2D eigenvalue weighted by Gasteiger charge is -2.38. The Bertz CT molecular complexity index is 599. The lowest BCUT2D eigenvalue weighted by atomic mass is 9.93. The van der Waals surface area contributed by atoms with Gasteiger partial charge in [-0.15, -0.1) is 0 Å². The SMILES string of the molecule is CC(=O)N1CCC(C(=O)NC2CC3CCC(C2)N3S(C)(=O)=O)CC1. The van der Waals surface area contributed by atoms with Crippen LogP contribution in [0.3, 0.4) is 0 Å². The third-order valence-corrected chi connectivity index (χ3v) is 7.07. The Morgan fingerprint density at radius 3 is 2.00 bits per heavy atom. The smallest absolute Gasteiger partial charge is 0.223 e. The molecule has 3 heterocycles. The lowest BCUT2D eigenvalue weighted by Crippen LogP contribution is -2.53. The monoisotopic (exact) mass is 357 g/mol. The zero-order valence-corrected chi connectivity index (χ0v) is 15.2. The van der Waals surface area contributed by atoms with Crippen LogP contribution >= 0.6 is 0 Å². The molecule has 0 aromatic rings. The van der Waals surface area contributed by atoms with Crippen molar-refractivity contribution < 1.29 is 18.0 Å². The minimum absolute atomic E-state index is 0.0311. The van der Waals surface area contributed by atoms with Gasteiger partial charge in [-0.25, -0.2) is 8.42 Å². The molecule has 3 aliphatic heterocycles. The fourth-order valence-electron chi connectivity index (χ4n) is 4.57. The first kappa shape index (κ1) is 17.7. The number of nitrogens with one attached hydrogen (secondary N) is 1. The Labute approximate surface area is 143 Å². The van der Waals surface area contributed by atoms with Crippen molar-refractivity contribution in [3.63, 3.8) is 0 Å². The summed E-state index contributed by atoms with van der Waals surface area (Å²) >= 11 is 0. The molecule has 8 heteroatoms. The standard InChI is InChI=1S/C16H27N3O4S/c1-11(20)18-7-5-12(6-8-18)16(21)17-13-9-14-3-4-15(10-13)19(14)24(2,22)23/h12-15H,3-10H2,1-2H3,(H,17,21). The van der Waals surface area contributed by atoms with Crippen molar-refractivity contribution in [1.82, 2.24) is 14.5 Å². The van der Waals surface area contributed by atoms with Gasteiger partial charge in [0.15, 0.2) is 0 Å². The van der Waals surface area contributed by atoms with E-state index in [-0.39, 0.29) is 35.9 Å². The van der Waals surface area contributed by atoms with Gasteiger partial charge in [-0.05, 0) is 38.5 Å². The number of hydrogen-bond acceptors (Lipinski definition) is 4. The van der Waals surface area contributed by atoms with Gasteiger partial charge in [0, 0.05) is 44.1 Å². The first-order valence-electron chi connectivity index (χ1n) is 8.80. The van der Waals surface area contributed by atoms with E-state index in [0.29, 0.717) is 38.8 Å². The van der Waals surface area contributed by atoms with Crippen molar-refractivity contribution in [2.75, 3.05) is 19.3 Å². The predicted molar refractivity (Wildman–Crippen MR) is 89.6 cm³/mol. The average Bonchev–Trinajstić information content (AvgIpc) is 2.80. The number of amides is 2. The number of carbonyl (C=O) groups excluding carboxylic acids is 2. The number of piperidine rings is 2. The van der Waals surface area contributed by atoms with Crippen LogP contribution in [0.25, 0.3) is 0 Å². The molecule has 3 fully saturated rings. The maximum atomic E-state index is 12.5. The van der Waals surface area contributed by atoms with Gasteiger partial charge in [0.05, 0.1) is 6.26 Å². The van der Waals surface area contributed by atoms with Gasteiger partial charge in [0.2, 0.25) is 21.8 Å². The van der Waals surface area contributed by atoms with E-state index in [1.165, 1.54) is 6.26 Å². The molecule has 3 aliphatic rings. The molecule has 1 N–H and O–H groups in total. The van der Waals surface area contributed by atoms with Crippen molar-refractivity contribution in [3.05, 3.63) is 0 Å². The topological polar surface area (TPSA) is 86.8 Å². The highest BCUT2D eigenvalue weighted by Gasteiger charge is 2.45. The molecule has 0 aliphatic carbocycles. The van der Waals surface area contributed by atoms with Crippen LogP contribution in [0.2, 0.25) is 0 Å². The Morgan fingerprint density at radius 2 is 1.54 bits per heavy atom. The number of carbonyl (C=O) groups is 2. The van der Waals surface area contributed by atoms with Crippen LogP contribution in [0.4, 0.5) is 0 Å². The summed E-state index contributed by atoms with van der Waals surface area (Å²) in [5.74, 6) is 0.0974. The minimum Gasteiger partial charge on any atom is -0.353 e. The second-order valence-corrected chi connectivity index (χ2v) is 9.32. The highest BCUT2D eigenvalue weighted by molar-refractivity contribution is 7.88. The molecule has 136 valence electrons. The number of hydrogen-bond donors (Lipinski definition) is 1. The van der Waals surface area contributed by atoms with Crippen molar-refractivity contribution in [3.8, 4) is 0 Å². The van der Waals surface area contributed by atoms with Crippen molar-refractivity contribution in [2.24, 2.45) is 5.92 Å². The van der Waals surface area contributed by atoms with Crippen molar-refractivity contribution in [1.29, 1.82) is 0 Å². The average molecular weight is 357 g/mol. The second kappa shape index (κ2) is 6.63. The molecule has 0 aromatic heterocycles. The first-order valence-corrected chi connectivity index (χ1v) is 10.6. The predicted octanol–water partition coefficient (Wildman–Crippen LogP) is 0.316. The van der Waals surface area contributed by atoms with Gasteiger partial charge < -0.3 is 10.2 Å². The van der Waals surface area contributed by atoms with E-state index in [1.807, 2.05) is 0 Å². The zero-order valence-electron chi connectivity index (χ0n) is 14.4. The van der Waals surface area contributed by atoms with E-state index in [2.05, 4.69) is 5.32 Å². The van der Waals surface area contributed by atoms with Gasteiger partial charge in [0.1, 0.15) is 0 Å². The molecule has 0 spiro atoms. The van der Waals surface area contributed by atoms with Crippen molar-refractivity contribution in [2.45, 2.75) is 63.6 Å². The van der Waals surface area contributed by atoms with Crippen LogP contribution in [0.15, 0.2) is 0 Å². The number of fused-ring (bicyclic) bond motifs is 2. The Balaban J connectivity index is 1.53. The van der Waals surface area contributed by atoms with Gasteiger partial charge in [-0.3, -0.25) is 9.59 Å². The molecule has 0 saturated carbocycles. The van der Waals surface area contributed by atoms with Gasteiger partial charge >= 0.3 is 0 Å². The second-order valence-electron chi connectivity index (χ2n) is 7.44. The van der Waals surface area contributed by atoms with Crippen LogP contribution in [0.5, 0.6) is 0 Å². The molecule has 0 radical (unpaired) electrons. The summed E-state index contributed by atoms with van der Waals surface area (Å²) in [5, 5.41) is 3.14. The minimum atomic E-state index is -3.17. The maximum absolute atomic E-state index is 12.5. The van der Waals surface area contributed by atoms with Crippen LogP contribution in [0, 0.1) is 5.92 Å². The van der Waals surface area contributed by atoms with Crippen molar-refractivity contribution >= 4 is 21.8 Å². The molecule has 2 atom stereocenters. The molecule has 24 heavy (non-hydrogen) atoms. The largest absolute Gasteiger partial charge is 0.353 e. The Hall–Kier alpha value is -1.15. The van der Waals surface area contributed by atoms with E-state index in [1.54, 1.807) is 16.1 Å². The summed E-state index contributed by atoms with van der Waals surface area (Å²) in [4.78, 5) is 25.6. The van der Waals surface area contributed by atoms with E-state index in [4.69, 9.17) is 0 Å². The van der Waals surface area contributed by atoms with E-state index in [9.17, 15) is 18.0 Å². The molecule has 2 unspecified atom stereocenters. The quantitative estimate of drug-likeness (QED) is 0.788. The summed E-state index contributed by atoms with van der Waals surface area (Å²) in [6.07, 6.45) is 5.90. The summed E-state index contributed by atoms with van der Waals surface area (Å²) in [5.41, 5.74) is 0. The van der Waals surface area contributed by atoms with Crippen LogP contribution < -0.4 is 5.32 Å². The molecule has 7 nitrogen and oxygen atoms in total. The number of nitrogens with zero attached hydrogens (tertiary/aromatic N) is 2. The normalized spacial score (nSPS) is 31.9. The molecule has 2 bridgehead atoms. The van der Waals surface area contributed by atoms with Crippen LogP contribution in [0.1, 0.15) is 45.4 Å².